The molecule has 2 aromatic carbocycles. The number of methoxy groups -OCH3 is 1. The Morgan fingerprint density at radius 2 is 1.65 bits per heavy atom. The standard InChI is InChI=1S/C23H20N4O7/c1-13(26-27-22(30)21(29)25-16-8-5-14(6-9-16)20(24)28)15-7-10-17(19(12-15)32-2)34-23(31)18-4-3-11-33-18/h3-12H,1-2H3,(H2,24,28)(H,25,29)(H,27,30)/b26-13+. The third-order valence-electron chi connectivity index (χ3n) is 4.47. The van der Waals surface area contributed by atoms with Crippen LogP contribution in [0.3, 0.4) is 0 Å². The van der Waals surface area contributed by atoms with Crippen LogP contribution in [0.15, 0.2) is 70.4 Å². The summed E-state index contributed by atoms with van der Waals surface area (Å²) >= 11 is 0. The second-order valence-corrected chi connectivity index (χ2v) is 6.77. The minimum absolute atomic E-state index is 0.0358. The third-order valence-corrected chi connectivity index (χ3v) is 4.47. The number of hydrogen-bond acceptors (Lipinski definition) is 8. The number of rotatable bonds is 7. The molecule has 11 heteroatoms. The molecule has 11 nitrogen and oxygen atoms in total. The highest BCUT2D eigenvalue weighted by Gasteiger charge is 2.17. The van der Waals surface area contributed by atoms with Gasteiger partial charge in [-0.3, -0.25) is 14.4 Å². The highest BCUT2D eigenvalue weighted by molar-refractivity contribution is 6.39. The maximum atomic E-state index is 12.1. The molecule has 34 heavy (non-hydrogen) atoms. The molecule has 3 aromatic rings. The van der Waals surface area contributed by atoms with Gasteiger partial charge in [0.05, 0.1) is 19.1 Å². The van der Waals surface area contributed by atoms with Crippen molar-refractivity contribution in [3.05, 3.63) is 77.7 Å². The number of primary amides is 1. The number of esters is 1. The minimum atomic E-state index is -1.01. The SMILES string of the molecule is COc1cc(/C(C)=N/NC(=O)C(=O)Nc2ccc(C(N)=O)cc2)ccc1OC(=O)c1ccco1. The second kappa shape index (κ2) is 10.6. The van der Waals surface area contributed by atoms with Gasteiger partial charge in [-0.2, -0.15) is 5.10 Å². The molecule has 0 spiro atoms. The largest absolute Gasteiger partial charge is 0.493 e. The van der Waals surface area contributed by atoms with Gasteiger partial charge in [0.2, 0.25) is 11.7 Å². The van der Waals surface area contributed by atoms with Gasteiger partial charge in [0, 0.05) is 16.8 Å². The van der Waals surface area contributed by atoms with Crippen molar-refractivity contribution >= 4 is 35.1 Å². The molecule has 0 bridgehead atoms. The Morgan fingerprint density at radius 1 is 0.941 bits per heavy atom. The van der Waals surface area contributed by atoms with Gasteiger partial charge >= 0.3 is 17.8 Å². The number of benzene rings is 2. The summed E-state index contributed by atoms with van der Waals surface area (Å²) in [5.41, 5.74) is 8.78. The Kier molecular flexibility index (Phi) is 7.39. The number of furan rings is 1. The Balaban J connectivity index is 1.63. The predicted molar refractivity (Wildman–Crippen MR) is 121 cm³/mol. The van der Waals surface area contributed by atoms with Crippen LogP contribution in [-0.2, 0) is 9.59 Å². The van der Waals surface area contributed by atoms with Crippen molar-refractivity contribution in [1.82, 2.24) is 5.43 Å². The number of carbonyl (C=O) groups is 4. The molecule has 0 aliphatic carbocycles. The molecule has 3 rings (SSSR count). The average Bonchev–Trinajstić information content (AvgIpc) is 3.38. The number of nitrogens with one attached hydrogen (secondary N) is 2. The Morgan fingerprint density at radius 3 is 2.26 bits per heavy atom. The van der Waals surface area contributed by atoms with Crippen molar-refractivity contribution in [1.29, 1.82) is 0 Å². The number of ether oxygens (including phenoxy) is 2. The van der Waals surface area contributed by atoms with Gasteiger partial charge in [-0.05, 0) is 61.5 Å². The zero-order chi connectivity index (χ0) is 24.7. The van der Waals surface area contributed by atoms with E-state index in [9.17, 15) is 19.2 Å². The summed E-state index contributed by atoms with van der Waals surface area (Å²) in [6.45, 7) is 1.60. The summed E-state index contributed by atoms with van der Waals surface area (Å²) in [6, 6.07) is 13.4. The minimum Gasteiger partial charge on any atom is -0.493 e. The molecule has 0 unspecified atom stereocenters. The van der Waals surface area contributed by atoms with Gasteiger partial charge in [-0.1, -0.05) is 0 Å². The lowest BCUT2D eigenvalue weighted by Crippen LogP contribution is -2.33. The molecule has 0 radical (unpaired) electrons. The van der Waals surface area contributed by atoms with Crippen molar-refractivity contribution in [3.8, 4) is 11.5 Å². The normalized spacial score (nSPS) is 10.8. The fraction of sp³-hybridized carbons (Fsp3) is 0.0870. The number of amides is 3. The monoisotopic (exact) mass is 464 g/mol. The Hall–Kier alpha value is -4.93. The topological polar surface area (TPSA) is 162 Å². The van der Waals surface area contributed by atoms with Gasteiger partial charge < -0.3 is 24.9 Å². The molecule has 0 atom stereocenters. The predicted octanol–water partition coefficient (Wildman–Crippen LogP) is 2.09. The van der Waals surface area contributed by atoms with Crippen LogP contribution < -0.4 is 25.9 Å². The van der Waals surface area contributed by atoms with Gasteiger partial charge in [0.25, 0.3) is 0 Å². The summed E-state index contributed by atoms with van der Waals surface area (Å²) in [7, 11) is 1.40. The fourth-order valence-electron chi connectivity index (χ4n) is 2.68. The maximum absolute atomic E-state index is 12.1. The smallest absolute Gasteiger partial charge is 0.379 e. The van der Waals surface area contributed by atoms with Crippen LogP contribution in [0.4, 0.5) is 5.69 Å². The lowest BCUT2D eigenvalue weighted by atomic mass is 10.1. The molecule has 0 fully saturated rings. The van der Waals surface area contributed by atoms with E-state index in [1.54, 1.807) is 25.1 Å². The summed E-state index contributed by atoms with van der Waals surface area (Å²) in [6.07, 6.45) is 1.35. The molecular formula is C23H20N4O7. The first-order valence-electron chi connectivity index (χ1n) is 9.78. The highest BCUT2D eigenvalue weighted by atomic mass is 16.6. The summed E-state index contributed by atoms with van der Waals surface area (Å²) in [4.78, 5) is 47.3. The molecule has 0 saturated heterocycles. The van der Waals surface area contributed by atoms with E-state index in [4.69, 9.17) is 19.6 Å². The molecular weight excluding hydrogens is 444 g/mol. The molecule has 4 N–H and O–H groups in total. The van der Waals surface area contributed by atoms with Crippen molar-refractivity contribution < 1.29 is 33.1 Å². The highest BCUT2D eigenvalue weighted by Crippen LogP contribution is 2.29. The van der Waals surface area contributed by atoms with Crippen LogP contribution in [0.2, 0.25) is 0 Å². The number of hydrazone groups is 1. The number of carbonyl (C=O) groups excluding carboxylic acids is 4. The third kappa shape index (κ3) is 5.85. The van der Waals surface area contributed by atoms with Gasteiger partial charge in [0.15, 0.2) is 11.5 Å². The zero-order valence-electron chi connectivity index (χ0n) is 18.2. The van der Waals surface area contributed by atoms with E-state index in [1.165, 1.54) is 49.8 Å². The van der Waals surface area contributed by atoms with Crippen LogP contribution in [0, 0.1) is 0 Å². The first kappa shape index (κ1) is 23.7. The van der Waals surface area contributed by atoms with E-state index in [0.29, 0.717) is 17.0 Å². The number of nitrogens with zero attached hydrogens (tertiary/aromatic N) is 1. The summed E-state index contributed by atoms with van der Waals surface area (Å²) in [5.74, 6) is -2.82. The van der Waals surface area contributed by atoms with Crippen molar-refractivity contribution in [2.24, 2.45) is 10.8 Å². The molecule has 174 valence electrons. The first-order chi connectivity index (χ1) is 16.3. The zero-order valence-corrected chi connectivity index (χ0v) is 18.2. The average molecular weight is 464 g/mol. The number of nitrogens with two attached hydrogens (primary N) is 1. The van der Waals surface area contributed by atoms with Crippen LogP contribution in [-0.4, -0.2) is 36.5 Å². The van der Waals surface area contributed by atoms with E-state index in [2.05, 4.69) is 15.8 Å². The van der Waals surface area contributed by atoms with E-state index in [-0.39, 0.29) is 22.8 Å². The summed E-state index contributed by atoms with van der Waals surface area (Å²) < 4.78 is 15.5. The lowest BCUT2D eigenvalue weighted by molar-refractivity contribution is -0.136. The number of anilines is 1. The Bertz CT molecular complexity index is 1250. The van der Waals surface area contributed by atoms with E-state index < -0.39 is 23.7 Å². The van der Waals surface area contributed by atoms with Crippen LogP contribution in [0.1, 0.15) is 33.4 Å². The van der Waals surface area contributed by atoms with Gasteiger partial charge in [-0.25, -0.2) is 10.2 Å². The molecule has 1 aromatic heterocycles. The lowest BCUT2D eigenvalue weighted by Gasteiger charge is -2.10. The Labute approximate surface area is 193 Å². The van der Waals surface area contributed by atoms with Crippen molar-refractivity contribution in [2.75, 3.05) is 12.4 Å². The quantitative estimate of drug-likeness (QED) is 0.158. The van der Waals surface area contributed by atoms with Gasteiger partial charge in [-0.15, -0.1) is 0 Å². The fourth-order valence-corrected chi connectivity index (χ4v) is 2.68. The van der Waals surface area contributed by atoms with Crippen LogP contribution in [0.5, 0.6) is 11.5 Å². The molecule has 1 heterocycles. The van der Waals surface area contributed by atoms with E-state index in [1.807, 2.05) is 0 Å². The number of hydrogen-bond donors (Lipinski definition) is 3. The van der Waals surface area contributed by atoms with E-state index in [0.717, 1.165) is 0 Å². The van der Waals surface area contributed by atoms with Gasteiger partial charge in [0.1, 0.15) is 0 Å². The van der Waals surface area contributed by atoms with E-state index >= 15 is 0 Å². The maximum Gasteiger partial charge on any atom is 0.379 e. The molecule has 0 aliphatic rings. The molecule has 3 amide bonds. The van der Waals surface area contributed by atoms with Crippen molar-refractivity contribution in [2.45, 2.75) is 6.92 Å². The molecule has 0 saturated carbocycles. The van der Waals surface area contributed by atoms with Crippen molar-refractivity contribution in [3.63, 3.8) is 0 Å². The molecule has 0 aliphatic heterocycles. The first-order valence-corrected chi connectivity index (χ1v) is 9.78. The summed E-state index contributed by atoms with van der Waals surface area (Å²) in [5, 5.41) is 6.30. The van der Waals surface area contributed by atoms with Crippen LogP contribution >= 0.6 is 0 Å². The van der Waals surface area contributed by atoms with Crippen LogP contribution in [0.25, 0.3) is 0 Å². The second-order valence-electron chi connectivity index (χ2n) is 6.77.